The molecule has 0 fully saturated rings. The molecule has 8 nitrogen and oxygen atoms in total. The van der Waals surface area contributed by atoms with Gasteiger partial charge in [0.05, 0.1) is 6.26 Å². The Morgan fingerprint density at radius 1 is 1.36 bits per heavy atom. The Balaban J connectivity index is 0.00000312. The van der Waals surface area contributed by atoms with Crippen LogP contribution in [0, 0.1) is 6.92 Å². The van der Waals surface area contributed by atoms with Crippen molar-refractivity contribution >= 4 is 29.9 Å². The van der Waals surface area contributed by atoms with Crippen molar-refractivity contribution in [3.63, 3.8) is 0 Å². The van der Waals surface area contributed by atoms with Gasteiger partial charge in [-0.25, -0.2) is 4.99 Å². The summed E-state index contributed by atoms with van der Waals surface area (Å²) in [6, 6.07) is 3.76. The molecule has 2 aromatic heterocycles. The Morgan fingerprint density at radius 3 is 2.84 bits per heavy atom. The highest BCUT2D eigenvalue weighted by atomic mass is 127. The van der Waals surface area contributed by atoms with Crippen LogP contribution in [-0.2, 0) is 24.9 Å². The number of aryl methyl sites for hydroxylation is 1. The maximum absolute atomic E-state index is 5.55. The van der Waals surface area contributed by atoms with Crippen LogP contribution in [0.15, 0.2) is 27.8 Å². The van der Waals surface area contributed by atoms with E-state index in [0.29, 0.717) is 19.8 Å². The SMILES string of the molecule is CCNC(=NCc1nnc(C)n1C)NCCCOCc1ccco1.I. The molecular formula is C16H27IN6O2. The number of hydrogen-bond acceptors (Lipinski definition) is 5. The van der Waals surface area contributed by atoms with Crippen LogP contribution in [-0.4, -0.2) is 40.4 Å². The molecule has 0 aliphatic heterocycles. The van der Waals surface area contributed by atoms with Crippen molar-refractivity contribution in [1.82, 2.24) is 25.4 Å². The molecule has 2 rings (SSSR count). The highest BCUT2D eigenvalue weighted by Gasteiger charge is 2.04. The molecule has 2 heterocycles. The summed E-state index contributed by atoms with van der Waals surface area (Å²) in [6.07, 6.45) is 2.53. The first-order chi connectivity index (χ1) is 11.7. The lowest BCUT2D eigenvalue weighted by molar-refractivity contribution is 0.105. The van der Waals surface area contributed by atoms with Crippen molar-refractivity contribution in [1.29, 1.82) is 0 Å². The lowest BCUT2D eigenvalue weighted by Gasteiger charge is -2.11. The molecule has 0 saturated carbocycles. The van der Waals surface area contributed by atoms with Gasteiger partial charge in [-0.1, -0.05) is 0 Å². The summed E-state index contributed by atoms with van der Waals surface area (Å²) in [5.41, 5.74) is 0. The number of nitrogens with one attached hydrogen (secondary N) is 2. The number of ether oxygens (including phenoxy) is 1. The molecule has 2 N–H and O–H groups in total. The van der Waals surface area contributed by atoms with Gasteiger partial charge in [0.25, 0.3) is 0 Å². The molecule has 0 bridgehead atoms. The maximum Gasteiger partial charge on any atom is 0.191 e. The molecular weight excluding hydrogens is 435 g/mol. The molecule has 0 aliphatic carbocycles. The molecule has 0 amide bonds. The number of guanidine groups is 1. The molecule has 0 spiro atoms. The van der Waals surface area contributed by atoms with E-state index in [9.17, 15) is 0 Å². The summed E-state index contributed by atoms with van der Waals surface area (Å²) >= 11 is 0. The van der Waals surface area contributed by atoms with Crippen molar-refractivity contribution in [3.05, 3.63) is 35.8 Å². The normalized spacial score (nSPS) is 11.2. The summed E-state index contributed by atoms with van der Waals surface area (Å²) < 4.78 is 12.7. The number of hydrogen-bond donors (Lipinski definition) is 2. The highest BCUT2D eigenvalue weighted by molar-refractivity contribution is 14.0. The Bertz CT molecular complexity index is 627. The largest absolute Gasteiger partial charge is 0.467 e. The standard InChI is InChI=1S/C16H26N6O2.HI/c1-4-17-16(19-11-15-21-20-13(2)22(15)3)18-8-6-9-23-12-14-7-5-10-24-14;/h5,7,10H,4,6,8-9,11-12H2,1-3H3,(H2,17,18,19);1H. The van der Waals surface area contributed by atoms with Gasteiger partial charge in [0, 0.05) is 26.7 Å². The second-order valence-corrected chi connectivity index (χ2v) is 5.33. The number of nitrogens with zero attached hydrogens (tertiary/aromatic N) is 4. The van der Waals surface area contributed by atoms with Crippen molar-refractivity contribution in [2.75, 3.05) is 19.7 Å². The molecule has 0 radical (unpaired) electrons. The van der Waals surface area contributed by atoms with Gasteiger partial charge in [-0.15, -0.1) is 34.2 Å². The van der Waals surface area contributed by atoms with Crippen molar-refractivity contribution in [3.8, 4) is 0 Å². The van der Waals surface area contributed by atoms with Gasteiger partial charge in [-0.2, -0.15) is 0 Å². The molecule has 0 saturated heterocycles. The van der Waals surface area contributed by atoms with Crippen molar-refractivity contribution in [2.45, 2.75) is 33.4 Å². The molecule has 0 atom stereocenters. The Labute approximate surface area is 165 Å². The van der Waals surface area contributed by atoms with Gasteiger partial charge in [-0.3, -0.25) is 0 Å². The fraction of sp³-hybridized carbons (Fsp3) is 0.562. The van der Waals surface area contributed by atoms with Gasteiger partial charge < -0.3 is 24.4 Å². The van der Waals surface area contributed by atoms with E-state index in [1.165, 1.54) is 0 Å². The van der Waals surface area contributed by atoms with E-state index in [-0.39, 0.29) is 24.0 Å². The van der Waals surface area contributed by atoms with Gasteiger partial charge in [0.15, 0.2) is 11.8 Å². The third-order valence-corrected chi connectivity index (χ3v) is 3.49. The molecule has 140 valence electrons. The molecule has 25 heavy (non-hydrogen) atoms. The first-order valence-electron chi connectivity index (χ1n) is 8.18. The van der Waals surface area contributed by atoms with Crippen LogP contribution in [0.1, 0.15) is 30.8 Å². The van der Waals surface area contributed by atoms with Crippen LogP contribution in [0.5, 0.6) is 0 Å². The number of aromatic nitrogens is 3. The lowest BCUT2D eigenvalue weighted by Crippen LogP contribution is -2.38. The number of halogens is 1. The van der Waals surface area contributed by atoms with E-state index in [1.807, 2.05) is 37.6 Å². The molecule has 0 aromatic carbocycles. The van der Waals surface area contributed by atoms with Gasteiger partial charge in [-0.05, 0) is 32.4 Å². The maximum atomic E-state index is 5.55. The first kappa shape index (κ1) is 21.4. The van der Waals surface area contributed by atoms with E-state index in [0.717, 1.165) is 42.9 Å². The Kier molecular flexibility index (Phi) is 10.2. The van der Waals surface area contributed by atoms with Gasteiger partial charge in [0.2, 0.25) is 0 Å². The minimum absolute atomic E-state index is 0. The zero-order valence-corrected chi connectivity index (χ0v) is 17.3. The van der Waals surface area contributed by atoms with E-state index < -0.39 is 0 Å². The second kappa shape index (κ2) is 11.9. The van der Waals surface area contributed by atoms with Crippen molar-refractivity contribution in [2.24, 2.45) is 12.0 Å². The summed E-state index contributed by atoms with van der Waals surface area (Å²) in [5, 5.41) is 14.7. The van der Waals surface area contributed by atoms with Gasteiger partial charge >= 0.3 is 0 Å². The van der Waals surface area contributed by atoms with Crippen LogP contribution in [0.25, 0.3) is 0 Å². The minimum atomic E-state index is 0. The summed E-state index contributed by atoms with van der Waals surface area (Å²) in [6.45, 7) is 7.20. The van der Waals surface area contributed by atoms with E-state index in [1.54, 1.807) is 6.26 Å². The predicted molar refractivity (Wildman–Crippen MR) is 107 cm³/mol. The molecule has 9 heteroatoms. The number of aliphatic imine (C=N–C) groups is 1. The molecule has 0 unspecified atom stereocenters. The average molecular weight is 462 g/mol. The fourth-order valence-corrected chi connectivity index (χ4v) is 2.03. The smallest absolute Gasteiger partial charge is 0.191 e. The molecule has 2 aromatic rings. The second-order valence-electron chi connectivity index (χ2n) is 5.33. The van der Waals surface area contributed by atoms with Gasteiger partial charge in [0.1, 0.15) is 24.7 Å². The summed E-state index contributed by atoms with van der Waals surface area (Å²) in [5.74, 6) is 3.33. The van der Waals surface area contributed by atoms with E-state index in [4.69, 9.17) is 9.15 Å². The van der Waals surface area contributed by atoms with Crippen LogP contribution in [0.2, 0.25) is 0 Å². The van der Waals surface area contributed by atoms with Crippen LogP contribution in [0.3, 0.4) is 0 Å². The Hall–Kier alpha value is -1.62. The zero-order valence-electron chi connectivity index (χ0n) is 15.0. The summed E-state index contributed by atoms with van der Waals surface area (Å²) in [4.78, 5) is 4.53. The Morgan fingerprint density at radius 2 is 2.20 bits per heavy atom. The average Bonchev–Trinajstić information content (AvgIpc) is 3.20. The first-order valence-corrected chi connectivity index (χ1v) is 8.18. The quantitative estimate of drug-likeness (QED) is 0.257. The number of rotatable bonds is 9. The van der Waals surface area contributed by atoms with E-state index in [2.05, 4.69) is 25.8 Å². The number of furan rings is 1. The monoisotopic (exact) mass is 462 g/mol. The predicted octanol–water partition coefficient (Wildman–Crippen LogP) is 2.00. The lowest BCUT2D eigenvalue weighted by atomic mass is 10.4. The summed E-state index contributed by atoms with van der Waals surface area (Å²) in [7, 11) is 1.94. The highest BCUT2D eigenvalue weighted by Crippen LogP contribution is 2.02. The third-order valence-electron chi connectivity index (χ3n) is 3.49. The zero-order chi connectivity index (χ0) is 17.2. The van der Waals surface area contributed by atoms with Crippen LogP contribution < -0.4 is 10.6 Å². The van der Waals surface area contributed by atoms with Crippen LogP contribution >= 0.6 is 24.0 Å². The topological polar surface area (TPSA) is 89.5 Å². The van der Waals surface area contributed by atoms with Crippen LogP contribution in [0.4, 0.5) is 0 Å². The minimum Gasteiger partial charge on any atom is -0.467 e. The molecule has 0 aliphatic rings. The van der Waals surface area contributed by atoms with E-state index >= 15 is 0 Å². The third kappa shape index (κ3) is 7.43. The van der Waals surface area contributed by atoms with Crippen molar-refractivity contribution < 1.29 is 9.15 Å². The fourth-order valence-electron chi connectivity index (χ4n) is 2.03.